The fourth-order valence-electron chi connectivity index (χ4n) is 2.83. The smallest absolute Gasteiger partial charge is 0.0960 e. The van der Waals surface area contributed by atoms with Crippen LogP contribution in [-0.4, -0.2) is 25.2 Å². The van der Waals surface area contributed by atoms with E-state index in [-0.39, 0.29) is 0 Å². The van der Waals surface area contributed by atoms with Crippen molar-refractivity contribution in [2.24, 2.45) is 0 Å². The molecular formula is C17H22N2OS. The molecule has 1 fully saturated rings. The van der Waals surface area contributed by atoms with Crippen LogP contribution in [0.2, 0.25) is 0 Å². The van der Waals surface area contributed by atoms with Gasteiger partial charge in [-0.15, -0.1) is 11.3 Å². The Morgan fingerprint density at radius 1 is 1.29 bits per heavy atom. The van der Waals surface area contributed by atoms with Gasteiger partial charge in [0.2, 0.25) is 0 Å². The molecule has 0 spiro atoms. The third-order valence-electron chi connectivity index (χ3n) is 4.10. The van der Waals surface area contributed by atoms with Crippen molar-refractivity contribution in [3.05, 3.63) is 52.0 Å². The van der Waals surface area contributed by atoms with Crippen molar-refractivity contribution in [1.82, 2.24) is 10.3 Å². The second-order valence-corrected chi connectivity index (χ2v) is 6.41. The van der Waals surface area contributed by atoms with E-state index in [1.807, 2.05) is 18.4 Å². The quantitative estimate of drug-likeness (QED) is 0.917. The first kappa shape index (κ1) is 14.7. The van der Waals surface area contributed by atoms with Gasteiger partial charge >= 0.3 is 0 Å². The maximum absolute atomic E-state index is 5.43. The molecule has 1 atom stereocenters. The average molecular weight is 302 g/mol. The number of aromatic nitrogens is 1. The summed E-state index contributed by atoms with van der Waals surface area (Å²) in [5, 5.41) is 6.91. The second kappa shape index (κ2) is 7.16. The summed E-state index contributed by atoms with van der Waals surface area (Å²) in [6.45, 7) is 1.76. The molecule has 0 amide bonds. The van der Waals surface area contributed by atoms with Crippen molar-refractivity contribution in [3.63, 3.8) is 0 Å². The Labute approximate surface area is 130 Å². The number of hydrogen-bond acceptors (Lipinski definition) is 4. The lowest BCUT2D eigenvalue weighted by molar-refractivity contribution is 0.0852. The lowest BCUT2D eigenvalue weighted by Crippen LogP contribution is -2.19. The summed E-state index contributed by atoms with van der Waals surface area (Å²) in [6.07, 6.45) is 3.17. The highest BCUT2D eigenvalue weighted by Crippen LogP contribution is 2.30. The first-order valence-electron chi connectivity index (χ1n) is 7.61. The Morgan fingerprint density at radius 3 is 2.76 bits per heavy atom. The number of nitrogens with one attached hydrogen (secondary N) is 1. The molecule has 1 aliphatic heterocycles. The number of benzene rings is 1. The summed E-state index contributed by atoms with van der Waals surface area (Å²) < 4.78 is 5.43. The first-order valence-corrected chi connectivity index (χ1v) is 8.49. The summed E-state index contributed by atoms with van der Waals surface area (Å²) in [5.74, 6) is 0.599. The van der Waals surface area contributed by atoms with Crippen molar-refractivity contribution in [3.8, 4) is 0 Å². The Hall–Kier alpha value is -1.23. The lowest BCUT2D eigenvalue weighted by atomic mass is 10.0. The van der Waals surface area contributed by atoms with Gasteiger partial charge in [-0.05, 0) is 25.5 Å². The number of likely N-dealkylation sites (N-methyl/N-ethyl adjacent to an activating group) is 1. The molecule has 0 bridgehead atoms. The molecule has 0 saturated carbocycles. The van der Waals surface area contributed by atoms with Gasteiger partial charge < -0.3 is 10.1 Å². The van der Waals surface area contributed by atoms with Crippen molar-refractivity contribution in [1.29, 1.82) is 0 Å². The number of thiazole rings is 1. The molecule has 3 rings (SSSR count). The average Bonchev–Trinajstić information content (AvgIpc) is 3.03. The summed E-state index contributed by atoms with van der Waals surface area (Å²) in [5.41, 5.74) is 2.52. The maximum Gasteiger partial charge on any atom is 0.0960 e. The van der Waals surface area contributed by atoms with Crippen LogP contribution < -0.4 is 5.32 Å². The molecule has 2 aromatic rings. The van der Waals surface area contributed by atoms with Crippen LogP contribution >= 0.6 is 11.3 Å². The second-order valence-electron chi connectivity index (χ2n) is 5.52. The molecule has 21 heavy (non-hydrogen) atoms. The largest absolute Gasteiger partial charge is 0.381 e. The van der Waals surface area contributed by atoms with E-state index < -0.39 is 0 Å². The topological polar surface area (TPSA) is 34.1 Å². The van der Waals surface area contributed by atoms with Crippen molar-refractivity contribution in [2.75, 3.05) is 20.3 Å². The predicted octanol–water partition coefficient (Wildman–Crippen LogP) is 3.54. The van der Waals surface area contributed by atoms with E-state index in [4.69, 9.17) is 9.72 Å². The number of rotatable bonds is 5. The highest BCUT2D eigenvalue weighted by Gasteiger charge is 2.20. The molecule has 1 N–H and O–H groups in total. The molecule has 112 valence electrons. The van der Waals surface area contributed by atoms with E-state index >= 15 is 0 Å². The molecular weight excluding hydrogens is 280 g/mol. The molecule has 1 saturated heterocycles. The molecule has 1 aromatic carbocycles. The zero-order valence-electron chi connectivity index (χ0n) is 12.4. The highest BCUT2D eigenvalue weighted by atomic mass is 32.1. The van der Waals surface area contributed by atoms with Crippen molar-refractivity contribution < 1.29 is 4.74 Å². The van der Waals surface area contributed by atoms with Gasteiger partial charge in [-0.25, -0.2) is 4.98 Å². The van der Waals surface area contributed by atoms with Crippen LogP contribution in [0.1, 0.15) is 41.1 Å². The van der Waals surface area contributed by atoms with E-state index in [1.54, 1.807) is 0 Å². The third-order valence-corrected chi connectivity index (χ3v) is 5.16. The maximum atomic E-state index is 5.43. The van der Waals surface area contributed by atoms with E-state index in [1.165, 1.54) is 16.3 Å². The molecule has 0 radical (unpaired) electrons. The molecule has 2 heterocycles. The Bertz CT molecular complexity index is 549. The standard InChI is InChI=1S/C17H22N2OS/c1-18-16(13-5-3-2-4-6-13)11-15-12-21-17(19-15)14-7-9-20-10-8-14/h2-6,12,14,16,18H,7-11H2,1H3. The summed E-state index contributed by atoms with van der Waals surface area (Å²) in [4.78, 5) is 4.87. The first-order chi connectivity index (χ1) is 10.4. The van der Waals surface area contributed by atoms with Crippen molar-refractivity contribution >= 4 is 11.3 Å². The van der Waals surface area contributed by atoms with Crippen LogP contribution in [0.3, 0.4) is 0 Å². The number of hydrogen-bond donors (Lipinski definition) is 1. The Morgan fingerprint density at radius 2 is 2.05 bits per heavy atom. The molecule has 3 nitrogen and oxygen atoms in total. The van der Waals surface area contributed by atoms with Gasteiger partial charge in [-0.1, -0.05) is 30.3 Å². The SMILES string of the molecule is CNC(Cc1csc(C2CCOCC2)n1)c1ccccc1. The zero-order valence-corrected chi connectivity index (χ0v) is 13.2. The Balaban J connectivity index is 1.68. The Kier molecular flexibility index (Phi) is 5.01. The van der Waals surface area contributed by atoms with E-state index in [2.05, 4.69) is 41.0 Å². The minimum absolute atomic E-state index is 0.329. The predicted molar refractivity (Wildman–Crippen MR) is 86.9 cm³/mol. The van der Waals surface area contributed by atoms with Crippen molar-refractivity contribution in [2.45, 2.75) is 31.2 Å². The van der Waals surface area contributed by atoms with Gasteiger partial charge in [0.25, 0.3) is 0 Å². The lowest BCUT2D eigenvalue weighted by Gasteiger charge is -2.19. The van der Waals surface area contributed by atoms with E-state index in [9.17, 15) is 0 Å². The zero-order chi connectivity index (χ0) is 14.5. The van der Waals surface area contributed by atoms with E-state index in [0.29, 0.717) is 12.0 Å². The molecule has 1 aliphatic rings. The van der Waals surface area contributed by atoms with Crippen LogP contribution in [0.25, 0.3) is 0 Å². The minimum atomic E-state index is 0.329. The fourth-order valence-corrected chi connectivity index (χ4v) is 3.83. The van der Waals surface area contributed by atoms with Crippen LogP contribution in [-0.2, 0) is 11.2 Å². The molecule has 4 heteroatoms. The monoisotopic (exact) mass is 302 g/mol. The highest BCUT2D eigenvalue weighted by molar-refractivity contribution is 7.09. The van der Waals surface area contributed by atoms with Gasteiger partial charge in [0.1, 0.15) is 0 Å². The molecule has 1 aromatic heterocycles. The number of nitrogens with zero attached hydrogens (tertiary/aromatic N) is 1. The van der Waals surface area contributed by atoms with Gasteiger partial charge in [0.05, 0.1) is 10.7 Å². The molecule has 0 aliphatic carbocycles. The van der Waals surface area contributed by atoms with Crippen LogP contribution in [0.5, 0.6) is 0 Å². The third kappa shape index (κ3) is 3.70. The van der Waals surface area contributed by atoms with Gasteiger partial charge in [0.15, 0.2) is 0 Å². The number of ether oxygens (including phenoxy) is 1. The minimum Gasteiger partial charge on any atom is -0.381 e. The van der Waals surface area contributed by atoms with Gasteiger partial charge in [-0.3, -0.25) is 0 Å². The van der Waals surface area contributed by atoms with Gasteiger partial charge in [-0.2, -0.15) is 0 Å². The summed E-state index contributed by atoms with van der Waals surface area (Å²) >= 11 is 1.81. The summed E-state index contributed by atoms with van der Waals surface area (Å²) in [7, 11) is 2.02. The fraction of sp³-hybridized carbons (Fsp3) is 0.471. The normalized spacial score (nSPS) is 17.8. The van der Waals surface area contributed by atoms with Crippen LogP contribution in [0, 0.1) is 0 Å². The van der Waals surface area contributed by atoms with Gasteiger partial charge in [0, 0.05) is 37.0 Å². The summed E-state index contributed by atoms with van der Waals surface area (Å²) in [6, 6.07) is 10.9. The molecule has 1 unspecified atom stereocenters. The van der Waals surface area contributed by atoms with E-state index in [0.717, 1.165) is 32.5 Å². The van der Waals surface area contributed by atoms with Crippen LogP contribution in [0.15, 0.2) is 35.7 Å². The van der Waals surface area contributed by atoms with Crippen LogP contribution in [0.4, 0.5) is 0 Å².